The zero-order valence-corrected chi connectivity index (χ0v) is 22.8. The predicted molar refractivity (Wildman–Crippen MR) is 149 cm³/mol. The summed E-state index contributed by atoms with van der Waals surface area (Å²) < 4.78 is 31.8. The first-order chi connectivity index (χ1) is 19.0. The summed E-state index contributed by atoms with van der Waals surface area (Å²) in [6.07, 6.45) is -0.552. The van der Waals surface area contributed by atoms with Crippen LogP contribution < -0.4 is 14.5 Å². The van der Waals surface area contributed by atoms with Crippen molar-refractivity contribution in [1.82, 2.24) is 0 Å². The number of likely N-dealkylation sites (N-methyl/N-ethyl adjacent to an activating group) is 1. The van der Waals surface area contributed by atoms with Gasteiger partial charge in [-0.3, -0.25) is 9.59 Å². The number of amides is 2. The number of nitrogens with zero attached hydrogens (tertiary/aromatic N) is 2. The number of aliphatic carboxylic acids is 1. The van der Waals surface area contributed by atoms with Crippen molar-refractivity contribution < 1.29 is 33.0 Å². The molecule has 1 aliphatic heterocycles. The van der Waals surface area contributed by atoms with Gasteiger partial charge in [-0.25, -0.2) is 4.79 Å². The molecule has 0 bridgehead atoms. The van der Waals surface area contributed by atoms with Crippen molar-refractivity contribution >= 4 is 40.8 Å². The number of ether oxygens (including phenoxy) is 1. The van der Waals surface area contributed by atoms with Crippen LogP contribution in [0, 0.1) is 0 Å². The molecule has 0 saturated carbocycles. The minimum absolute atomic E-state index is 0.0637. The van der Waals surface area contributed by atoms with Crippen molar-refractivity contribution in [3.05, 3.63) is 88.9 Å². The van der Waals surface area contributed by atoms with E-state index >= 15 is 0 Å². The highest BCUT2D eigenvalue weighted by Gasteiger charge is 2.39. The minimum Gasteiger partial charge on any atom is -0.493 e. The lowest BCUT2D eigenvalue weighted by Crippen LogP contribution is -2.46. The van der Waals surface area contributed by atoms with Gasteiger partial charge in [0.15, 0.2) is 0 Å². The summed E-state index contributed by atoms with van der Waals surface area (Å²) in [5.74, 6) is -6.64. The van der Waals surface area contributed by atoms with Gasteiger partial charge in [0.2, 0.25) is 5.91 Å². The van der Waals surface area contributed by atoms with Crippen LogP contribution in [0.2, 0.25) is 5.02 Å². The Morgan fingerprint density at radius 2 is 1.70 bits per heavy atom. The number of anilines is 2. The molecular weight excluding hydrogens is 542 g/mol. The molecular formula is C30H29ClF2N2O5. The van der Waals surface area contributed by atoms with Crippen molar-refractivity contribution in [2.24, 2.45) is 0 Å². The molecule has 1 N–H and O–H groups in total. The van der Waals surface area contributed by atoms with Crippen LogP contribution in [-0.4, -0.2) is 48.0 Å². The molecule has 0 fully saturated rings. The van der Waals surface area contributed by atoms with E-state index in [-0.39, 0.29) is 23.6 Å². The maximum absolute atomic E-state index is 13.8. The van der Waals surface area contributed by atoms with E-state index in [2.05, 4.69) is 0 Å². The van der Waals surface area contributed by atoms with Crippen LogP contribution in [0.4, 0.5) is 20.2 Å². The molecule has 2 amide bonds. The molecule has 0 unspecified atom stereocenters. The quantitative estimate of drug-likeness (QED) is 0.321. The second kappa shape index (κ2) is 12.0. The average molecular weight is 571 g/mol. The summed E-state index contributed by atoms with van der Waals surface area (Å²) in [7, 11) is 0. The van der Waals surface area contributed by atoms with Crippen LogP contribution >= 0.6 is 11.6 Å². The van der Waals surface area contributed by atoms with Gasteiger partial charge in [-0.1, -0.05) is 29.8 Å². The number of fused-ring (bicyclic) bond motifs is 1. The molecule has 0 saturated heterocycles. The van der Waals surface area contributed by atoms with Crippen molar-refractivity contribution in [3.63, 3.8) is 0 Å². The maximum Gasteiger partial charge on any atom is 0.374 e. The van der Waals surface area contributed by atoms with Gasteiger partial charge in [0, 0.05) is 34.5 Å². The number of carboxylic acid groups (broad SMARTS) is 1. The van der Waals surface area contributed by atoms with E-state index < -0.39 is 30.8 Å². The summed E-state index contributed by atoms with van der Waals surface area (Å²) >= 11 is 6.03. The highest BCUT2D eigenvalue weighted by atomic mass is 35.5. The second-order valence-corrected chi connectivity index (χ2v) is 10.00. The molecule has 2 atom stereocenters. The third-order valence-corrected chi connectivity index (χ3v) is 7.18. The van der Waals surface area contributed by atoms with E-state index in [1.165, 1.54) is 24.3 Å². The number of alkyl halides is 2. The molecule has 3 aromatic rings. The number of benzene rings is 3. The molecule has 210 valence electrons. The molecule has 7 nitrogen and oxygen atoms in total. The second-order valence-electron chi connectivity index (χ2n) is 9.56. The van der Waals surface area contributed by atoms with Gasteiger partial charge in [-0.15, -0.1) is 0 Å². The van der Waals surface area contributed by atoms with E-state index in [1.54, 1.807) is 21.9 Å². The van der Waals surface area contributed by atoms with E-state index in [4.69, 9.17) is 21.4 Å². The third-order valence-electron chi connectivity index (χ3n) is 6.93. The number of hydrogen-bond donors (Lipinski definition) is 1. The van der Waals surface area contributed by atoms with E-state index in [0.717, 1.165) is 11.3 Å². The topological polar surface area (TPSA) is 87.2 Å². The van der Waals surface area contributed by atoms with Gasteiger partial charge in [0.1, 0.15) is 5.75 Å². The first-order valence-electron chi connectivity index (χ1n) is 12.9. The predicted octanol–water partition coefficient (Wildman–Crippen LogP) is 6.40. The SMILES string of the molecule is CCN(C(=O)[C@@H]1C[C@@H](C)N(C(=O)c2ccc(OCCC(F)(F)C(=O)O)cc2)c2ccccc21)c1ccc(Cl)cc1. The van der Waals surface area contributed by atoms with Crippen LogP contribution in [0.1, 0.15) is 48.5 Å². The van der Waals surface area contributed by atoms with Crippen molar-refractivity contribution in [2.75, 3.05) is 23.0 Å². The van der Waals surface area contributed by atoms with Crippen LogP contribution in [-0.2, 0) is 9.59 Å². The molecule has 0 radical (unpaired) electrons. The van der Waals surface area contributed by atoms with Crippen molar-refractivity contribution in [2.45, 2.75) is 44.6 Å². The lowest BCUT2D eigenvalue weighted by atomic mass is 9.84. The molecule has 0 aliphatic carbocycles. The average Bonchev–Trinajstić information content (AvgIpc) is 2.94. The highest BCUT2D eigenvalue weighted by molar-refractivity contribution is 6.30. The van der Waals surface area contributed by atoms with Crippen molar-refractivity contribution in [3.8, 4) is 5.75 Å². The fourth-order valence-corrected chi connectivity index (χ4v) is 4.99. The number of carboxylic acids is 1. The number of carbonyl (C=O) groups is 3. The summed E-state index contributed by atoms with van der Waals surface area (Å²) in [6, 6.07) is 20.2. The zero-order chi connectivity index (χ0) is 29.0. The molecule has 4 rings (SSSR count). The number of rotatable bonds is 9. The van der Waals surface area contributed by atoms with Crippen LogP contribution in [0.25, 0.3) is 0 Å². The first-order valence-corrected chi connectivity index (χ1v) is 13.2. The summed E-state index contributed by atoms with van der Waals surface area (Å²) in [6.45, 7) is 3.78. The van der Waals surface area contributed by atoms with Crippen LogP contribution in [0.15, 0.2) is 72.8 Å². The molecule has 1 aliphatic rings. The molecule has 3 aromatic carbocycles. The van der Waals surface area contributed by atoms with E-state index in [0.29, 0.717) is 29.2 Å². The van der Waals surface area contributed by atoms with Gasteiger partial charge < -0.3 is 19.6 Å². The molecule has 40 heavy (non-hydrogen) atoms. The summed E-state index contributed by atoms with van der Waals surface area (Å²) in [5, 5.41) is 9.11. The van der Waals surface area contributed by atoms with Crippen LogP contribution in [0.3, 0.4) is 0 Å². The largest absolute Gasteiger partial charge is 0.493 e. The smallest absolute Gasteiger partial charge is 0.374 e. The number of hydrogen-bond acceptors (Lipinski definition) is 4. The summed E-state index contributed by atoms with van der Waals surface area (Å²) in [5.41, 5.74) is 2.50. The van der Waals surface area contributed by atoms with Gasteiger partial charge in [-0.2, -0.15) is 8.78 Å². The minimum atomic E-state index is -3.88. The number of halogens is 3. The number of para-hydroxylation sites is 1. The molecule has 10 heteroatoms. The molecule has 0 aromatic heterocycles. The lowest BCUT2D eigenvalue weighted by molar-refractivity contribution is -0.166. The van der Waals surface area contributed by atoms with Gasteiger partial charge in [0.25, 0.3) is 5.91 Å². The van der Waals surface area contributed by atoms with E-state index in [1.807, 2.05) is 50.2 Å². The van der Waals surface area contributed by atoms with Gasteiger partial charge >= 0.3 is 11.9 Å². The first kappa shape index (κ1) is 29.0. The Labute approximate surface area is 235 Å². The van der Waals surface area contributed by atoms with Crippen molar-refractivity contribution in [1.29, 1.82) is 0 Å². The highest BCUT2D eigenvalue weighted by Crippen LogP contribution is 2.41. The Morgan fingerprint density at radius 3 is 2.33 bits per heavy atom. The number of carbonyl (C=O) groups excluding carboxylic acids is 2. The molecule has 1 heterocycles. The fraction of sp³-hybridized carbons (Fsp3) is 0.300. The third kappa shape index (κ3) is 6.09. The monoisotopic (exact) mass is 570 g/mol. The van der Waals surface area contributed by atoms with Gasteiger partial charge in [-0.05, 0) is 80.4 Å². The fourth-order valence-electron chi connectivity index (χ4n) is 4.87. The van der Waals surface area contributed by atoms with Crippen LogP contribution in [0.5, 0.6) is 5.75 Å². The Balaban J connectivity index is 1.53. The summed E-state index contributed by atoms with van der Waals surface area (Å²) in [4.78, 5) is 41.4. The normalized spacial score (nSPS) is 16.7. The maximum atomic E-state index is 13.8. The zero-order valence-electron chi connectivity index (χ0n) is 22.0. The Morgan fingerprint density at radius 1 is 1.05 bits per heavy atom. The standard InChI is InChI=1S/C30H29ClF2N2O5/c1-3-34(22-12-10-21(31)11-13-22)28(37)25-18-19(2)35(26-7-5-4-6-24(25)26)27(36)20-8-14-23(15-9-20)40-17-16-30(32,33)29(38)39/h4-15,19,25H,3,16-18H2,1-2H3,(H,38,39)/t19-,25-/m1/s1. The Hall–Kier alpha value is -3.98. The lowest BCUT2D eigenvalue weighted by Gasteiger charge is -2.40. The Bertz CT molecular complexity index is 1380. The van der Waals surface area contributed by atoms with Gasteiger partial charge in [0.05, 0.1) is 18.9 Å². The Kier molecular flexibility index (Phi) is 8.73. The molecule has 0 spiro atoms. The van der Waals surface area contributed by atoms with E-state index in [9.17, 15) is 23.2 Å².